The molecule has 0 saturated carbocycles. The van der Waals surface area contributed by atoms with Gasteiger partial charge in [0.15, 0.2) is 5.82 Å². The minimum atomic E-state index is -0.147. The van der Waals surface area contributed by atoms with Crippen LogP contribution >= 0.6 is 0 Å². The average Bonchev–Trinajstić information content (AvgIpc) is 2.93. The van der Waals surface area contributed by atoms with Crippen LogP contribution in [0.25, 0.3) is 11.0 Å². The smallest absolute Gasteiger partial charge is 0.294 e. The van der Waals surface area contributed by atoms with Crippen LogP contribution in [0.15, 0.2) is 89.7 Å². The molecule has 1 saturated heterocycles. The van der Waals surface area contributed by atoms with E-state index in [-0.39, 0.29) is 17.4 Å². The number of hydrogen-bond donors (Lipinski definition) is 1. The van der Waals surface area contributed by atoms with E-state index >= 15 is 0 Å². The van der Waals surface area contributed by atoms with Crippen LogP contribution in [-0.2, 0) is 17.8 Å². The molecule has 0 aliphatic carbocycles. The van der Waals surface area contributed by atoms with Gasteiger partial charge in [0.25, 0.3) is 5.56 Å². The summed E-state index contributed by atoms with van der Waals surface area (Å²) in [6.45, 7) is 2.37. The number of aryl methyl sites for hydroxylation is 1. The number of fused-ring (bicyclic) bond motifs is 1. The Kier molecular flexibility index (Phi) is 7.41. The lowest BCUT2D eigenvalue weighted by Gasteiger charge is -2.32. The predicted octanol–water partition coefficient (Wildman–Crippen LogP) is 4.41. The van der Waals surface area contributed by atoms with Crippen LogP contribution in [0.1, 0.15) is 30.4 Å². The molecule has 2 heterocycles. The van der Waals surface area contributed by atoms with Crippen molar-refractivity contribution in [3.8, 4) is 0 Å². The molecule has 0 unspecified atom stereocenters. The van der Waals surface area contributed by atoms with Crippen molar-refractivity contribution in [3.05, 3.63) is 106 Å². The Bertz CT molecular complexity index is 1370. The first-order chi connectivity index (χ1) is 17.7. The van der Waals surface area contributed by atoms with Crippen LogP contribution in [-0.4, -0.2) is 35.1 Å². The first kappa shape index (κ1) is 23.8. The molecular formula is C30H32N4O2. The Morgan fingerprint density at radius 2 is 1.61 bits per heavy atom. The Morgan fingerprint density at radius 3 is 2.39 bits per heavy atom. The third-order valence-corrected chi connectivity index (χ3v) is 6.89. The predicted molar refractivity (Wildman–Crippen MR) is 144 cm³/mol. The Labute approximate surface area is 211 Å². The van der Waals surface area contributed by atoms with Crippen LogP contribution in [0.3, 0.4) is 0 Å². The third-order valence-electron chi connectivity index (χ3n) is 6.89. The van der Waals surface area contributed by atoms with E-state index in [0.717, 1.165) is 48.8 Å². The fourth-order valence-electron chi connectivity index (χ4n) is 4.98. The van der Waals surface area contributed by atoms with Gasteiger partial charge in [-0.25, -0.2) is 4.98 Å². The Balaban J connectivity index is 1.30. The molecule has 1 atom stereocenters. The number of nitrogens with one attached hydrogen (secondary N) is 1. The zero-order valence-corrected chi connectivity index (χ0v) is 20.5. The number of piperidine rings is 1. The van der Waals surface area contributed by atoms with Gasteiger partial charge in [0, 0.05) is 19.6 Å². The number of nitrogens with zero attached hydrogens (tertiary/aromatic N) is 3. The molecule has 0 bridgehead atoms. The summed E-state index contributed by atoms with van der Waals surface area (Å²) < 4.78 is 1.81. The van der Waals surface area contributed by atoms with Crippen LogP contribution in [0, 0.1) is 5.92 Å². The highest BCUT2D eigenvalue weighted by molar-refractivity contribution is 5.80. The van der Waals surface area contributed by atoms with Crippen molar-refractivity contribution in [3.63, 3.8) is 0 Å². The van der Waals surface area contributed by atoms with Gasteiger partial charge in [-0.1, -0.05) is 72.8 Å². The van der Waals surface area contributed by atoms with E-state index in [9.17, 15) is 9.59 Å². The molecule has 1 aliphatic heterocycles. The lowest BCUT2D eigenvalue weighted by molar-refractivity contribution is -0.125. The van der Waals surface area contributed by atoms with Crippen molar-refractivity contribution in [2.24, 2.45) is 5.92 Å². The molecule has 36 heavy (non-hydrogen) atoms. The van der Waals surface area contributed by atoms with E-state index in [4.69, 9.17) is 4.98 Å². The molecule has 6 nitrogen and oxygen atoms in total. The summed E-state index contributed by atoms with van der Waals surface area (Å²) in [5, 5.41) is 3.11. The van der Waals surface area contributed by atoms with Gasteiger partial charge in [0.05, 0.1) is 23.5 Å². The molecule has 1 fully saturated rings. The highest BCUT2D eigenvalue weighted by atomic mass is 16.2. The van der Waals surface area contributed by atoms with Gasteiger partial charge in [0.2, 0.25) is 5.91 Å². The largest absolute Gasteiger partial charge is 0.356 e. The summed E-state index contributed by atoms with van der Waals surface area (Å²) in [6, 6.07) is 28.1. The summed E-state index contributed by atoms with van der Waals surface area (Å²) >= 11 is 0. The zero-order valence-electron chi connectivity index (χ0n) is 20.5. The lowest BCUT2D eigenvalue weighted by Crippen LogP contribution is -2.45. The lowest BCUT2D eigenvalue weighted by atomic mass is 9.97. The summed E-state index contributed by atoms with van der Waals surface area (Å²) in [5.74, 6) is 0.357. The first-order valence-corrected chi connectivity index (χ1v) is 12.8. The van der Waals surface area contributed by atoms with Gasteiger partial charge in [0.1, 0.15) is 0 Å². The molecule has 6 heteroatoms. The molecule has 1 amide bonds. The van der Waals surface area contributed by atoms with Gasteiger partial charge in [-0.15, -0.1) is 0 Å². The Morgan fingerprint density at radius 1 is 0.917 bits per heavy atom. The average molecular weight is 481 g/mol. The van der Waals surface area contributed by atoms with Gasteiger partial charge >= 0.3 is 0 Å². The number of aromatic nitrogens is 2. The zero-order chi connectivity index (χ0) is 24.7. The van der Waals surface area contributed by atoms with Gasteiger partial charge in [-0.3, -0.25) is 14.2 Å². The fourth-order valence-corrected chi connectivity index (χ4v) is 4.98. The minimum absolute atomic E-state index is 0.0677. The molecular weight excluding hydrogens is 448 g/mol. The van der Waals surface area contributed by atoms with Crippen LogP contribution in [0.2, 0.25) is 0 Å². The second-order valence-corrected chi connectivity index (χ2v) is 9.47. The van der Waals surface area contributed by atoms with Crippen molar-refractivity contribution >= 4 is 22.8 Å². The van der Waals surface area contributed by atoms with Crippen molar-refractivity contribution in [2.75, 3.05) is 24.5 Å². The number of carbonyl (C=O) groups excluding carboxylic acids is 1. The molecule has 1 aromatic heterocycles. The number of anilines is 1. The maximum Gasteiger partial charge on any atom is 0.294 e. The molecule has 3 aromatic carbocycles. The van der Waals surface area contributed by atoms with Crippen molar-refractivity contribution < 1.29 is 4.79 Å². The molecule has 4 aromatic rings. The quantitative estimate of drug-likeness (QED) is 0.380. The standard InChI is InChI=1S/C30H32N4O2/c35-29(31-19-9-15-23-11-3-1-4-12-23)25-16-10-20-33(22-25)28-30(36)34(21-24-13-5-2-6-14-24)27-18-8-7-17-26(27)32-28/h1-8,11-14,17-18,25H,9-10,15-16,19-22H2,(H,31,35)/t25-/m1/s1. The van der Waals surface area contributed by atoms with E-state index in [0.29, 0.717) is 25.5 Å². The highest BCUT2D eigenvalue weighted by Crippen LogP contribution is 2.22. The highest BCUT2D eigenvalue weighted by Gasteiger charge is 2.28. The van der Waals surface area contributed by atoms with Gasteiger partial charge in [-0.05, 0) is 48.9 Å². The van der Waals surface area contributed by atoms with Crippen LogP contribution in [0.5, 0.6) is 0 Å². The molecule has 1 N–H and O–H groups in total. The molecule has 0 radical (unpaired) electrons. The van der Waals surface area contributed by atoms with E-state index < -0.39 is 0 Å². The number of amides is 1. The number of benzene rings is 3. The van der Waals surface area contributed by atoms with E-state index in [2.05, 4.69) is 17.4 Å². The van der Waals surface area contributed by atoms with Crippen LogP contribution < -0.4 is 15.8 Å². The second kappa shape index (κ2) is 11.2. The molecule has 0 spiro atoms. The first-order valence-electron chi connectivity index (χ1n) is 12.8. The van der Waals surface area contributed by atoms with Crippen LogP contribution in [0.4, 0.5) is 5.82 Å². The monoisotopic (exact) mass is 480 g/mol. The summed E-state index contributed by atoms with van der Waals surface area (Å²) in [6.07, 6.45) is 3.53. The second-order valence-electron chi connectivity index (χ2n) is 9.47. The summed E-state index contributed by atoms with van der Waals surface area (Å²) in [4.78, 5) is 33.4. The number of para-hydroxylation sites is 2. The Hall–Kier alpha value is -3.93. The maximum atomic E-state index is 13.7. The molecule has 5 rings (SSSR count). The number of rotatable bonds is 8. The summed E-state index contributed by atoms with van der Waals surface area (Å²) in [7, 11) is 0. The van der Waals surface area contributed by atoms with Crippen molar-refractivity contribution in [2.45, 2.75) is 32.2 Å². The van der Waals surface area contributed by atoms with Crippen molar-refractivity contribution in [1.29, 1.82) is 0 Å². The molecule has 184 valence electrons. The van der Waals surface area contributed by atoms with Gasteiger partial charge in [-0.2, -0.15) is 0 Å². The topological polar surface area (TPSA) is 67.2 Å². The van der Waals surface area contributed by atoms with E-state index in [1.54, 1.807) is 4.57 Å². The van der Waals surface area contributed by atoms with E-state index in [1.807, 2.05) is 77.7 Å². The van der Waals surface area contributed by atoms with E-state index in [1.165, 1.54) is 5.56 Å². The molecule has 1 aliphatic rings. The maximum absolute atomic E-state index is 13.7. The van der Waals surface area contributed by atoms with Crippen molar-refractivity contribution in [1.82, 2.24) is 14.9 Å². The SMILES string of the molecule is O=C(NCCCc1ccccc1)[C@@H]1CCCN(c2nc3ccccc3n(Cc3ccccc3)c2=O)C1. The fraction of sp³-hybridized carbons (Fsp3) is 0.300. The normalized spacial score (nSPS) is 15.7. The number of carbonyl (C=O) groups is 1. The summed E-state index contributed by atoms with van der Waals surface area (Å²) in [5.41, 5.74) is 3.84. The minimum Gasteiger partial charge on any atom is -0.356 e. The van der Waals surface area contributed by atoms with Gasteiger partial charge < -0.3 is 10.2 Å². The number of hydrogen-bond acceptors (Lipinski definition) is 4. The third kappa shape index (κ3) is 5.48.